The molecule has 18 heavy (non-hydrogen) atoms. The molecule has 2 aromatic rings. The summed E-state index contributed by atoms with van der Waals surface area (Å²) < 4.78 is 23.6. The molecule has 6 heteroatoms. The van der Waals surface area contributed by atoms with Crippen LogP contribution >= 0.6 is 0 Å². The Morgan fingerprint density at radius 2 is 2.22 bits per heavy atom. The second kappa shape index (κ2) is 5.14. The van der Waals surface area contributed by atoms with Gasteiger partial charge in [-0.2, -0.15) is 0 Å². The summed E-state index contributed by atoms with van der Waals surface area (Å²) in [6, 6.07) is 4.25. The van der Waals surface area contributed by atoms with Crippen LogP contribution in [0.25, 0.3) is 0 Å². The molecule has 96 valence electrons. The molecule has 1 aromatic carbocycles. The smallest absolute Gasteiger partial charge is 0.145 e. The molecule has 0 bridgehead atoms. The van der Waals surface area contributed by atoms with Crippen LogP contribution in [0, 0.1) is 12.7 Å². The lowest BCUT2D eigenvalue weighted by atomic mass is 10.1. The highest BCUT2D eigenvalue weighted by molar-refractivity contribution is 5.30. The SMILES string of the molecule is Cc1nonc1COc1ccc([C@H](C)N)c(F)c1. The Bertz CT molecular complexity index is 540. The van der Waals surface area contributed by atoms with E-state index < -0.39 is 0 Å². The minimum Gasteiger partial charge on any atom is -0.487 e. The first-order chi connectivity index (χ1) is 8.58. The third kappa shape index (κ3) is 2.65. The van der Waals surface area contributed by atoms with E-state index in [1.54, 1.807) is 26.0 Å². The van der Waals surface area contributed by atoms with E-state index in [0.29, 0.717) is 22.7 Å². The highest BCUT2D eigenvalue weighted by Crippen LogP contribution is 2.21. The summed E-state index contributed by atoms with van der Waals surface area (Å²) in [5, 5.41) is 7.30. The van der Waals surface area contributed by atoms with Gasteiger partial charge in [-0.15, -0.1) is 0 Å². The number of benzene rings is 1. The van der Waals surface area contributed by atoms with Gasteiger partial charge in [0.25, 0.3) is 0 Å². The van der Waals surface area contributed by atoms with Gasteiger partial charge in [0.1, 0.15) is 29.6 Å². The number of aromatic nitrogens is 2. The van der Waals surface area contributed by atoms with Gasteiger partial charge in [-0.25, -0.2) is 9.02 Å². The lowest BCUT2D eigenvalue weighted by Gasteiger charge is -2.09. The lowest BCUT2D eigenvalue weighted by molar-refractivity contribution is 0.269. The molecule has 2 N–H and O–H groups in total. The molecule has 0 aliphatic rings. The maximum absolute atomic E-state index is 13.6. The molecule has 0 unspecified atom stereocenters. The fourth-order valence-corrected chi connectivity index (χ4v) is 1.50. The monoisotopic (exact) mass is 251 g/mol. The minimum absolute atomic E-state index is 0.187. The molecule has 0 spiro atoms. The average molecular weight is 251 g/mol. The molecule has 2 rings (SSSR count). The van der Waals surface area contributed by atoms with Crippen LogP contribution in [0.15, 0.2) is 22.8 Å². The molecule has 1 heterocycles. The fourth-order valence-electron chi connectivity index (χ4n) is 1.50. The van der Waals surface area contributed by atoms with Crippen LogP contribution in [0.2, 0.25) is 0 Å². The minimum atomic E-state index is -0.377. The zero-order chi connectivity index (χ0) is 13.1. The van der Waals surface area contributed by atoms with E-state index in [2.05, 4.69) is 14.9 Å². The van der Waals surface area contributed by atoms with Gasteiger partial charge in [-0.05, 0) is 19.9 Å². The number of ether oxygens (including phenoxy) is 1. The highest BCUT2D eigenvalue weighted by Gasteiger charge is 2.10. The van der Waals surface area contributed by atoms with Crippen molar-refractivity contribution < 1.29 is 13.8 Å². The van der Waals surface area contributed by atoms with Gasteiger partial charge in [0.2, 0.25) is 0 Å². The Morgan fingerprint density at radius 3 is 2.78 bits per heavy atom. The van der Waals surface area contributed by atoms with Crippen molar-refractivity contribution in [2.45, 2.75) is 26.5 Å². The second-order valence-corrected chi connectivity index (χ2v) is 4.06. The predicted molar refractivity (Wildman–Crippen MR) is 62.4 cm³/mol. The Balaban J connectivity index is 2.07. The van der Waals surface area contributed by atoms with E-state index in [1.165, 1.54) is 6.07 Å². The summed E-state index contributed by atoms with van der Waals surface area (Å²) in [7, 11) is 0. The van der Waals surface area contributed by atoms with Gasteiger partial charge < -0.3 is 10.5 Å². The summed E-state index contributed by atoms with van der Waals surface area (Å²) >= 11 is 0. The molecule has 1 aromatic heterocycles. The van der Waals surface area contributed by atoms with Crippen molar-refractivity contribution in [1.29, 1.82) is 0 Å². The number of hydrogen-bond acceptors (Lipinski definition) is 5. The largest absolute Gasteiger partial charge is 0.487 e. The average Bonchev–Trinajstić information content (AvgIpc) is 2.72. The van der Waals surface area contributed by atoms with Crippen molar-refractivity contribution in [2.24, 2.45) is 5.73 Å². The Morgan fingerprint density at radius 1 is 1.44 bits per heavy atom. The molecule has 5 nitrogen and oxygen atoms in total. The van der Waals surface area contributed by atoms with Gasteiger partial charge in [-0.3, -0.25) is 0 Å². The molecule has 0 aliphatic carbocycles. The molecule has 0 radical (unpaired) electrons. The molecule has 1 atom stereocenters. The molecule has 0 saturated heterocycles. The zero-order valence-corrected chi connectivity index (χ0v) is 10.2. The number of nitrogens with zero attached hydrogens (tertiary/aromatic N) is 2. The van der Waals surface area contributed by atoms with E-state index in [1.807, 2.05) is 0 Å². The molecule has 0 saturated carbocycles. The number of halogens is 1. The van der Waals surface area contributed by atoms with Crippen molar-refractivity contribution in [2.75, 3.05) is 0 Å². The van der Waals surface area contributed by atoms with E-state index in [-0.39, 0.29) is 18.5 Å². The van der Waals surface area contributed by atoms with Crippen LogP contribution in [-0.2, 0) is 6.61 Å². The summed E-state index contributed by atoms with van der Waals surface area (Å²) in [4.78, 5) is 0. The van der Waals surface area contributed by atoms with Crippen LogP contribution in [0.4, 0.5) is 4.39 Å². The maximum Gasteiger partial charge on any atom is 0.145 e. The van der Waals surface area contributed by atoms with Crippen molar-refractivity contribution in [1.82, 2.24) is 10.3 Å². The summed E-state index contributed by atoms with van der Waals surface area (Å²) in [6.07, 6.45) is 0. The predicted octanol–water partition coefficient (Wildman–Crippen LogP) is 2.12. The molecule has 0 aliphatic heterocycles. The quantitative estimate of drug-likeness (QED) is 0.900. The second-order valence-electron chi connectivity index (χ2n) is 4.06. The van der Waals surface area contributed by atoms with E-state index >= 15 is 0 Å². The van der Waals surface area contributed by atoms with Crippen molar-refractivity contribution in [3.63, 3.8) is 0 Å². The highest BCUT2D eigenvalue weighted by atomic mass is 19.1. The number of rotatable bonds is 4. The standard InChI is InChI=1S/C12H14FN3O2/c1-7(14)10-4-3-9(5-11(10)13)17-6-12-8(2)15-18-16-12/h3-5,7H,6,14H2,1-2H3/t7-/m0/s1. The fraction of sp³-hybridized carbons (Fsp3) is 0.333. The van der Waals surface area contributed by atoms with Crippen LogP contribution in [0.5, 0.6) is 5.75 Å². The van der Waals surface area contributed by atoms with Gasteiger partial charge in [0, 0.05) is 17.7 Å². The Hall–Kier alpha value is -1.95. The van der Waals surface area contributed by atoms with Crippen molar-refractivity contribution >= 4 is 0 Å². The number of aryl methyl sites for hydroxylation is 1. The first-order valence-corrected chi connectivity index (χ1v) is 5.54. The van der Waals surface area contributed by atoms with Crippen LogP contribution in [0.3, 0.4) is 0 Å². The van der Waals surface area contributed by atoms with Gasteiger partial charge in [-0.1, -0.05) is 16.4 Å². The molecule has 0 amide bonds. The number of hydrogen-bond donors (Lipinski definition) is 1. The van der Waals surface area contributed by atoms with Crippen LogP contribution in [-0.4, -0.2) is 10.3 Å². The van der Waals surface area contributed by atoms with Gasteiger partial charge in [0.05, 0.1) is 0 Å². The maximum atomic E-state index is 13.6. The Labute approximate surface area is 104 Å². The normalized spacial score (nSPS) is 12.4. The van der Waals surface area contributed by atoms with E-state index in [9.17, 15) is 4.39 Å². The van der Waals surface area contributed by atoms with Crippen molar-refractivity contribution in [3.05, 3.63) is 41.0 Å². The van der Waals surface area contributed by atoms with Crippen LogP contribution < -0.4 is 10.5 Å². The summed E-state index contributed by atoms with van der Waals surface area (Å²) in [5.41, 5.74) is 7.33. The topological polar surface area (TPSA) is 74.2 Å². The van der Waals surface area contributed by atoms with Gasteiger partial charge in [0.15, 0.2) is 0 Å². The third-order valence-corrected chi connectivity index (χ3v) is 2.58. The van der Waals surface area contributed by atoms with Crippen molar-refractivity contribution in [3.8, 4) is 5.75 Å². The lowest BCUT2D eigenvalue weighted by Crippen LogP contribution is -2.07. The van der Waals surface area contributed by atoms with Gasteiger partial charge >= 0.3 is 0 Å². The first-order valence-electron chi connectivity index (χ1n) is 5.54. The summed E-state index contributed by atoms with van der Waals surface area (Å²) in [6.45, 7) is 3.67. The molecule has 0 fully saturated rings. The Kier molecular flexibility index (Phi) is 3.57. The first kappa shape index (κ1) is 12.5. The van der Waals surface area contributed by atoms with Crippen LogP contribution in [0.1, 0.15) is 29.9 Å². The van der Waals surface area contributed by atoms with E-state index in [4.69, 9.17) is 10.5 Å². The summed E-state index contributed by atoms with van der Waals surface area (Å²) in [5.74, 6) is 0.0387. The molecular weight excluding hydrogens is 237 g/mol. The zero-order valence-electron chi connectivity index (χ0n) is 10.2. The number of nitrogens with two attached hydrogens (primary N) is 1. The van der Waals surface area contributed by atoms with E-state index in [0.717, 1.165) is 0 Å². The molecular formula is C12H14FN3O2. The third-order valence-electron chi connectivity index (χ3n) is 2.58.